The second-order valence-corrected chi connectivity index (χ2v) is 7.07. The Morgan fingerprint density at radius 2 is 1.64 bits per heavy atom. The number of rotatable bonds is 7. The van der Waals surface area contributed by atoms with Crippen LogP contribution in [0, 0.1) is 0 Å². The van der Waals surface area contributed by atoms with Crippen molar-refractivity contribution in [1.29, 1.82) is 0 Å². The van der Waals surface area contributed by atoms with Crippen LogP contribution in [0.1, 0.15) is 42.7 Å². The Bertz CT molecular complexity index is 749. The van der Waals surface area contributed by atoms with Gasteiger partial charge < -0.3 is 14.8 Å². The fraction of sp³-hybridized carbons (Fsp3) is 0.316. The van der Waals surface area contributed by atoms with E-state index in [4.69, 9.17) is 9.47 Å². The van der Waals surface area contributed by atoms with Gasteiger partial charge in [-0.2, -0.15) is 0 Å². The van der Waals surface area contributed by atoms with E-state index in [-0.39, 0.29) is 11.9 Å². The molecule has 25 heavy (non-hydrogen) atoms. The van der Waals surface area contributed by atoms with Crippen LogP contribution in [-0.4, -0.2) is 19.1 Å². The molecular formula is C19H21Br2NO3. The summed E-state index contributed by atoms with van der Waals surface area (Å²) in [5, 5.41) is 3.02. The molecule has 0 aliphatic heterocycles. The zero-order chi connectivity index (χ0) is 18.4. The summed E-state index contributed by atoms with van der Waals surface area (Å²) >= 11 is 6.98. The van der Waals surface area contributed by atoms with Crippen molar-refractivity contribution < 1.29 is 14.3 Å². The molecule has 1 amide bonds. The van der Waals surface area contributed by atoms with Gasteiger partial charge in [0, 0.05) is 8.95 Å². The number of hydrogen-bond acceptors (Lipinski definition) is 3. The standard InChI is InChI=1S/C19H21Br2NO3/c1-4-24-17-10-14(16(21)11-18(17)25-5-2)12(3)22-19(23)13-8-6-7-9-15(13)20/h6-12H,4-5H2,1-3H3,(H,22,23)/t12-/m1/s1. The zero-order valence-corrected chi connectivity index (χ0v) is 17.6. The molecule has 0 aliphatic carbocycles. The Balaban J connectivity index is 2.26. The van der Waals surface area contributed by atoms with Crippen molar-refractivity contribution in [2.75, 3.05) is 13.2 Å². The molecule has 0 heterocycles. The summed E-state index contributed by atoms with van der Waals surface area (Å²) < 4.78 is 12.9. The number of ether oxygens (including phenoxy) is 2. The minimum absolute atomic E-state index is 0.140. The fourth-order valence-corrected chi connectivity index (χ4v) is 3.55. The summed E-state index contributed by atoms with van der Waals surface area (Å²) in [5.41, 5.74) is 1.52. The van der Waals surface area contributed by atoms with Gasteiger partial charge in [-0.25, -0.2) is 0 Å². The number of carbonyl (C=O) groups is 1. The Morgan fingerprint density at radius 3 is 2.24 bits per heavy atom. The lowest BCUT2D eigenvalue weighted by Crippen LogP contribution is -2.27. The maximum atomic E-state index is 12.5. The van der Waals surface area contributed by atoms with Crippen molar-refractivity contribution in [2.45, 2.75) is 26.8 Å². The summed E-state index contributed by atoms with van der Waals surface area (Å²) in [6, 6.07) is 10.9. The molecule has 2 aromatic rings. The molecule has 0 saturated heterocycles. The maximum Gasteiger partial charge on any atom is 0.252 e. The van der Waals surface area contributed by atoms with Gasteiger partial charge in [-0.05, 0) is 66.5 Å². The summed E-state index contributed by atoms with van der Waals surface area (Å²) in [7, 11) is 0. The second-order valence-electron chi connectivity index (χ2n) is 5.36. The molecule has 0 saturated carbocycles. The van der Waals surface area contributed by atoms with Gasteiger partial charge in [-0.15, -0.1) is 0 Å². The van der Waals surface area contributed by atoms with Crippen LogP contribution in [0.15, 0.2) is 45.3 Å². The average Bonchev–Trinajstić information content (AvgIpc) is 2.57. The molecule has 1 atom stereocenters. The van der Waals surface area contributed by atoms with Crippen molar-refractivity contribution >= 4 is 37.8 Å². The summed E-state index contributed by atoms with van der Waals surface area (Å²) in [6.45, 7) is 6.89. The van der Waals surface area contributed by atoms with Gasteiger partial charge in [0.15, 0.2) is 11.5 Å². The number of halogens is 2. The molecule has 134 valence electrons. The number of hydrogen-bond donors (Lipinski definition) is 1. The number of carbonyl (C=O) groups excluding carboxylic acids is 1. The fourth-order valence-electron chi connectivity index (χ4n) is 2.42. The maximum absolute atomic E-state index is 12.5. The lowest BCUT2D eigenvalue weighted by atomic mass is 10.1. The molecule has 0 spiro atoms. The average molecular weight is 471 g/mol. The molecule has 0 unspecified atom stereocenters. The van der Waals surface area contributed by atoms with Gasteiger partial charge in [0.1, 0.15) is 0 Å². The van der Waals surface area contributed by atoms with Crippen LogP contribution in [-0.2, 0) is 0 Å². The van der Waals surface area contributed by atoms with Crippen molar-refractivity contribution in [3.05, 3.63) is 56.5 Å². The zero-order valence-electron chi connectivity index (χ0n) is 14.4. The van der Waals surface area contributed by atoms with E-state index in [2.05, 4.69) is 37.2 Å². The van der Waals surface area contributed by atoms with E-state index in [0.29, 0.717) is 30.3 Å². The van der Waals surface area contributed by atoms with Gasteiger partial charge in [-0.3, -0.25) is 4.79 Å². The predicted molar refractivity (Wildman–Crippen MR) is 107 cm³/mol. The number of amides is 1. The number of benzene rings is 2. The largest absolute Gasteiger partial charge is 0.490 e. The molecule has 0 bridgehead atoms. The monoisotopic (exact) mass is 469 g/mol. The quantitative estimate of drug-likeness (QED) is 0.581. The first kappa shape index (κ1) is 19.8. The van der Waals surface area contributed by atoms with E-state index in [1.807, 2.05) is 51.1 Å². The van der Waals surface area contributed by atoms with Crippen LogP contribution in [0.2, 0.25) is 0 Å². The Labute approximate surface area is 165 Å². The minimum Gasteiger partial charge on any atom is -0.490 e. The van der Waals surface area contributed by atoms with Gasteiger partial charge in [0.05, 0.1) is 24.8 Å². The molecule has 2 rings (SSSR count). The first-order valence-corrected chi connectivity index (χ1v) is 9.70. The van der Waals surface area contributed by atoms with Crippen LogP contribution in [0.3, 0.4) is 0 Å². The van der Waals surface area contributed by atoms with E-state index < -0.39 is 0 Å². The van der Waals surface area contributed by atoms with Crippen LogP contribution in [0.5, 0.6) is 11.5 Å². The molecule has 1 N–H and O–H groups in total. The first-order chi connectivity index (χ1) is 12.0. The molecule has 6 heteroatoms. The molecular weight excluding hydrogens is 450 g/mol. The second kappa shape index (κ2) is 9.25. The summed E-state index contributed by atoms with van der Waals surface area (Å²) in [6.07, 6.45) is 0. The topological polar surface area (TPSA) is 47.6 Å². The van der Waals surface area contributed by atoms with Crippen molar-refractivity contribution in [3.8, 4) is 11.5 Å². The molecule has 2 aromatic carbocycles. The molecule has 0 aliphatic rings. The lowest BCUT2D eigenvalue weighted by molar-refractivity contribution is 0.0939. The van der Waals surface area contributed by atoms with Crippen LogP contribution >= 0.6 is 31.9 Å². The summed E-state index contributed by atoms with van der Waals surface area (Å²) in [5.74, 6) is 1.22. The molecule has 4 nitrogen and oxygen atoms in total. The van der Waals surface area contributed by atoms with E-state index in [0.717, 1.165) is 14.5 Å². The van der Waals surface area contributed by atoms with Gasteiger partial charge >= 0.3 is 0 Å². The van der Waals surface area contributed by atoms with E-state index in [9.17, 15) is 4.79 Å². The van der Waals surface area contributed by atoms with Crippen LogP contribution < -0.4 is 14.8 Å². The van der Waals surface area contributed by atoms with Crippen molar-refractivity contribution in [1.82, 2.24) is 5.32 Å². The van der Waals surface area contributed by atoms with Crippen molar-refractivity contribution in [2.24, 2.45) is 0 Å². The Hall–Kier alpha value is -1.53. The van der Waals surface area contributed by atoms with E-state index in [1.165, 1.54) is 0 Å². The SMILES string of the molecule is CCOc1cc(Br)c([C@@H](C)NC(=O)c2ccccc2Br)cc1OCC. The highest BCUT2D eigenvalue weighted by Gasteiger charge is 2.18. The highest BCUT2D eigenvalue weighted by atomic mass is 79.9. The molecule has 0 radical (unpaired) electrons. The van der Waals surface area contributed by atoms with Gasteiger partial charge in [0.25, 0.3) is 5.91 Å². The van der Waals surface area contributed by atoms with Crippen molar-refractivity contribution in [3.63, 3.8) is 0 Å². The third-order valence-corrected chi connectivity index (χ3v) is 4.97. The van der Waals surface area contributed by atoms with Crippen LogP contribution in [0.25, 0.3) is 0 Å². The van der Waals surface area contributed by atoms with Gasteiger partial charge in [-0.1, -0.05) is 28.1 Å². The highest BCUT2D eigenvalue weighted by molar-refractivity contribution is 9.10. The minimum atomic E-state index is -0.205. The van der Waals surface area contributed by atoms with Crippen LogP contribution in [0.4, 0.5) is 0 Å². The molecule has 0 aromatic heterocycles. The summed E-state index contributed by atoms with van der Waals surface area (Å²) in [4.78, 5) is 12.5. The normalized spacial score (nSPS) is 11.7. The first-order valence-electron chi connectivity index (χ1n) is 8.12. The van der Waals surface area contributed by atoms with E-state index in [1.54, 1.807) is 6.07 Å². The van der Waals surface area contributed by atoms with Gasteiger partial charge in [0.2, 0.25) is 0 Å². The number of nitrogens with one attached hydrogen (secondary N) is 1. The molecule has 0 fully saturated rings. The third kappa shape index (κ3) is 4.98. The smallest absolute Gasteiger partial charge is 0.252 e. The predicted octanol–water partition coefficient (Wildman–Crippen LogP) is 5.50. The highest BCUT2D eigenvalue weighted by Crippen LogP contribution is 2.36. The van der Waals surface area contributed by atoms with E-state index >= 15 is 0 Å². The Morgan fingerprint density at radius 1 is 1.04 bits per heavy atom. The third-order valence-electron chi connectivity index (χ3n) is 3.60. The Kier molecular flexibility index (Phi) is 7.32. The lowest BCUT2D eigenvalue weighted by Gasteiger charge is -2.19.